The lowest BCUT2D eigenvalue weighted by atomic mass is 9.70. The zero-order valence-electron chi connectivity index (χ0n) is 38.6. The molecule has 0 aliphatic carbocycles. The highest BCUT2D eigenvalue weighted by Crippen LogP contribution is 2.45. The van der Waals surface area contributed by atoms with E-state index < -0.39 is 29.5 Å². The summed E-state index contributed by atoms with van der Waals surface area (Å²) in [5, 5.41) is 5.13. The Kier molecular flexibility index (Phi) is 17.7. The number of rotatable bonds is 22. The molecule has 0 radical (unpaired) electrons. The summed E-state index contributed by atoms with van der Waals surface area (Å²) in [5.74, 6) is 0.150. The van der Waals surface area contributed by atoms with Crippen LogP contribution in [0, 0.1) is 0 Å². The predicted octanol–water partition coefficient (Wildman–Crippen LogP) is 10.5. The molecule has 2 N–H and O–H groups in total. The average Bonchev–Trinajstić information content (AvgIpc) is 3.37. The maximum absolute atomic E-state index is 12.4. The molecule has 0 atom stereocenters. The van der Waals surface area contributed by atoms with Gasteiger partial charge in [0.2, 0.25) is 0 Å². The molecule has 6 rings (SSSR count). The highest BCUT2D eigenvalue weighted by Gasteiger charge is 2.33. The number of alkyl carbamates (subject to hydrolysis) is 2. The van der Waals surface area contributed by atoms with Crippen LogP contribution in [0.25, 0.3) is 33.4 Å². The number of nitrogens with one attached hydrogen (secondary N) is 2. The first-order chi connectivity index (χ1) is 32.9. The fraction of sp³-hybridized carbons (Fsp3) is 0.214. The molecule has 6 aromatic rings. The second-order valence-electron chi connectivity index (χ2n) is 15.9. The molecule has 12 nitrogen and oxygen atoms in total. The molecule has 0 aliphatic rings. The fourth-order valence-electron chi connectivity index (χ4n) is 7.26. The second-order valence-corrected chi connectivity index (χ2v) is 15.9. The molecule has 0 saturated carbocycles. The third kappa shape index (κ3) is 13.5. The van der Waals surface area contributed by atoms with Crippen LogP contribution < -0.4 is 20.1 Å². The number of amides is 2. The topological polar surface area (TPSA) is 148 Å². The maximum Gasteiger partial charge on any atom is 0.407 e. The molecule has 0 aromatic heterocycles. The number of carbonyl (C=O) groups excluding carboxylic acids is 4. The molecule has 0 aliphatic heterocycles. The molecule has 12 heteroatoms. The predicted molar refractivity (Wildman–Crippen MR) is 262 cm³/mol. The van der Waals surface area contributed by atoms with Crippen LogP contribution in [0.4, 0.5) is 9.59 Å². The molecule has 0 fully saturated rings. The van der Waals surface area contributed by atoms with Crippen molar-refractivity contribution < 1.29 is 47.6 Å². The van der Waals surface area contributed by atoms with Gasteiger partial charge in [0.05, 0.1) is 13.1 Å². The van der Waals surface area contributed by atoms with Crippen molar-refractivity contribution in [1.29, 1.82) is 0 Å². The third-order valence-electron chi connectivity index (χ3n) is 10.9. The van der Waals surface area contributed by atoms with Crippen LogP contribution in [0.1, 0.15) is 37.5 Å². The quantitative estimate of drug-likeness (QED) is 0.0222. The van der Waals surface area contributed by atoms with Gasteiger partial charge in [0.15, 0.2) is 0 Å². The monoisotopic (exact) mass is 916 g/mol. The Morgan fingerprint density at radius 1 is 0.441 bits per heavy atom. The number of esters is 2. The second kappa shape index (κ2) is 24.4. The summed E-state index contributed by atoms with van der Waals surface area (Å²) in [6.45, 7) is 12.7. The van der Waals surface area contributed by atoms with Crippen LogP contribution >= 0.6 is 0 Å². The van der Waals surface area contributed by atoms with Gasteiger partial charge >= 0.3 is 24.1 Å². The molecule has 0 saturated heterocycles. The van der Waals surface area contributed by atoms with E-state index in [0.29, 0.717) is 11.5 Å². The molecule has 0 heterocycles. The van der Waals surface area contributed by atoms with Crippen molar-refractivity contribution >= 4 is 24.1 Å². The standard InChI is InChI=1S/C56H56N2O10/c1-39(2)52(59)65-31-29-57-54(61)67-35-33-63-50-27-25-46(37-48(50)43-17-11-7-12-18-43)56(5,45-23-21-42(22-24-45)41-15-9-6-10-16-41)47-26-28-51(49(38-47)44-19-13-8-14-20-44)64-34-36-68-55(62)58-30-32-66-53(60)40(3)4/h6-28,37-38H,1,3,29-36H2,2,4-5H3,(H,57,61)(H,58,62). The number of hydrogen-bond acceptors (Lipinski definition) is 10. The van der Waals surface area contributed by atoms with Crippen LogP contribution in [0.15, 0.2) is 176 Å². The zero-order valence-corrected chi connectivity index (χ0v) is 38.6. The van der Waals surface area contributed by atoms with Gasteiger partial charge in [0.25, 0.3) is 0 Å². The molecule has 0 bridgehead atoms. The Balaban J connectivity index is 1.28. The summed E-state index contributed by atoms with van der Waals surface area (Å²) >= 11 is 0. The molecule has 68 heavy (non-hydrogen) atoms. The van der Waals surface area contributed by atoms with Crippen molar-refractivity contribution in [2.45, 2.75) is 26.2 Å². The highest BCUT2D eigenvalue weighted by atomic mass is 16.6. The third-order valence-corrected chi connectivity index (χ3v) is 10.9. The van der Waals surface area contributed by atoms with Crippen molar-refractivity contribution in [1.82, 2.24) is 10.6 Å². The molecular weight excluding hydrogens is 861 g/mol. The van der Waals surface area contributed by atoms with Crippen LogP contribution in [0.3, 0.4) is 0 Å². The minimum Gasteiger partial charge on any atom is -0.489 e. The molecule has 350 valence electrons. The van der Waals surface area contributed by atoms with E-state index in [0.717, 1.165) is 50.1 Å². The van der Waals surface area contributed by atoms with Gasteiger partial charge < -0.3 is 39.1 Å². The zero-order chi connectivity index (χ0) is 48.3. The lowest BCUT2D eigenvalue weighted by Crippen LogP contribution is -2.29. The van der Waals surface area contributed by atoms with Crippen LogP contribution in [0.2, 0.25) is 0 Å². The van der Waals surface area contributed by atoms with Crippen LogP contribution in [-0.4, -0.2) is 76.9 Å². The van der Waals surface area contributed by atoms with E-state index >= 15 is 0 Å². The molecule has 6 aromatic carbocycles. The summed E-state index contributed by atoms with van der Waals surface area (Å²) in [6.07, 6.45) is -1.32. The van der Waals surface area contributed by atoms with Gasteiger partial charge in [0.1, 0.15) is 51.1 Å². The van der Waals surface area contributed by atoms with Gasteiger partial charge in [-0.1, -0.05) is 141 Å². The lowest BCUT2D eigenvalue weighted by Gasteiger charge is -2.33. The summed E-state index contributed by atoms with van der Waals surface area (Å²) in [4.78, 5) is 48.0. The molecule has 2 amide bonds. The first-order valence-electron chi connectivity index (χ1n) is 22.2. The van der Waals surface area contributed by atoms with E-state index in [-0.39, 0.29) is 63.9 Å². The number of hydrogen-bond donors (Lipinski definition) is 2. The van der Waals surface area contributed by atoms with Gasteiger partial charge in [-0.2, -0.15) is 0 Å². The van der Waals surface area contributed by atoms with Crippen molar-refractivity contribution in [2.75, 3.05) is 52.7 Å². The van der Waals surface area contributed by atoms with Crippen molar-refractivity contribution in [3.63, 3.8) is 0 Å². The Morgan fingerprint density at radius 3 is 1.21 bits per heavy atom. The van der Waals surface area contributed by atoms with Crippen LogP contribution in [0.5, 0.6) is 11.5 Å². The van der Waals surface area contributed by atoms with E-state index in [9.17, 15) is 19.2 Å². The molecular formula is C56H56N2O10. The summed E-state index contributed by atoms with van der Waals surface area (Å²) in [5.41, 5.74) is 8.59. The van der Waals surface area contributed by atoms with E-state index in [1.54, 1.807) is 13.8 Å². The van der Waals surface area contributed by atoms with E-state index in [1.165, 1.54) is 0 Å². The smallest absolute Gasteiger partial charge is 0.407 e. The van der Waals surface area contributed by atoms with Gasteiger partial charge in [-0.05, 0) is 84.0 Å². The van der Waals surface area contributed by atoms with Gasteiger partial charge in [-0.3, -0.25) is 0 Å². The van der Waals surface area contributed by atoms with Gasteiger partial charge in [0, 0.05) is 27.7 Å². The summed E-state index contributed by atoms with van der Waals surface area (Å²) in [7, 11) is 0. The SMILES string of the molecule is C=C(C)C(=O)OCCNC(=O)OCCOc1ccc(C(C)(c2ccc(-c3ccccc3)cc2)c2ccc(OCCOC(=O)NCCOC(=O)C(=C)C)c(-c3ccccc3)c2)cc1-c1ccccc1. The maximum atomic E-state index is 12.4. The van der Waals surface area contributed by atoms with Crippen molar-refractivity contribution in [3.05, 3.63) is 193 Å². The molecule has 0 unspecified atom stereocenters. The Morgan fingerprint density at radius 2 is 0.809 bits per heavy atom. The first-order valence-corrected chi connectivity index (χ1v) is 22.2. The number of ether oxygens (including phenoxy) is 6. The summed E-state index contributed by atoms with van der Waals surface area (Å²) < 4.78 is 33.3. The minimum atomic E-state index is -0.737. The largest absolute Gasteiger partial charge is 0.489 e. The first kappa shape index (κ1) is 49.3. The minimum absolute atomic E-state index is 0.0105. The fourth-order valence-corrected chi connectivity index (χ4v) is 7.26. The number of benzene rings is 6. The Hall–Kier alpha value is -8.12. The van der Waals surface area contributed by atoms with E-state index in [1.807, 2.05) is 91.0 Å². The molecule has 0 spiro atoms. The number of carbonyl (C=O) groups is 4. The lowest BCUT2D eigenvalue weighted by molar-refractivity contribution is -0.139. The van der Waals surface area contributed by atoms with Gasteiger partial charge in [-0.15, -0.1) is 0 Å². The van der Waals surface area contributed by atoms with Crippen LogP contribution in [-0.2, 0) is 34.0 Å². The Bertz CT molecular complexity index is 2530. The van der Waals surface area contributed by atoms with E-state index in [4.69, 9.17) is 28.4 Å². The van der Waals surface area contributed by atoms with E-state index in [2.05, 4.69) is 91.4 Å². The Labute approximate surface area is 397 Å². The summed E-state index contributed by atoms with van der Waals surface area (Å²) in [6, 6.07) is 51.1. The highest BCUT2D eigenvalue weighted by molar-refractivity contribution is 5.87. The van der Waals surface area contributed by atoms with Crippen molar-refractivity contribution in [3.8, 4) is 44.9 Å². The average molecular weight is 917 g/mol. The van der Waals surface area contributed by atoms with Gasteiger partial charge in [-0.25, -0.2) is 19.2 Å². The normalized spacial score (nSPS) is 10.8. The van der Waals surface area contributed by atoms with Crippen molar-refractivity contribution in [2.24, 2.45) is 0 Å².